The van der Waals surface area contributed by atoms with Crippen molar-refractivity contribution in [1.82, 2.24) is 15.0 Å². The van der Waals surface area contributed by atoms with Gasteiger partial charge >= 0.3 is 0 Å². The van der Waals surface area contributed by atoms with Gasteiger partial charge in [-0.1, -0.05) is 164 Å². The van der Waals surface area contributed by atoms with Gasteiger partial charge in [-0.05, 0) is 63.0 Å². The Hall–Kier alpha value is -7.17. The molecule has 0 spiro atoms. The Morgan fingerprint density at radius 1 is 0.283 bits per heavy atom. The molecule has 0 saturated heterocycles. The molecule has 0 bridgehead atoms. The monoisotopic (exact) mass is 677 g/mol. The summed E-state index contributed by atoms with van der Waals surface area (Å²) in [4.78, 5) is 14.6. The molecule has 0 amide bonds. The Balaban J connectivity index is 1.04. The summed E-state index contributed by atoms with van der Waals surface area (Å²) < 4.78 is 6.69. The summed E-state index contributed by atoms with van der Waals surface area (Å²) in [7, 11) is 0. The fourth-order valence-electron chi connectivity index (χ4n) is 7.26. The topological polar surface area (TPSA) is 51.8 Å². The van der Waals surface area contributed by atoms with Crippen LogP contribution >= 0.6 is 0 Å². The molecule has 10 aromatic rings. The smallest absolute Gasteiger partial charge is 0.164 e. The molecule has 0 N–H and O–H groups in total. The van der Waals surface area contributed by atoms with E-state index in [0.29, 0.717) is 17.5 Å². The molecule has 0 atom stereocenters. The largest absolute Gasteiger partial charge is 0.455 e. The molecule has 0 fully saturated rings. The van der Waals surface area contributed by atoms with Crippen molar-refractivity contribution < 1.29 is 4.42 Å². The molecule has 248 valence electrons. The molecule has 8 aromatic carbocycles. The highest BCUT2D eigenvalue weighted by molar-refractivity contribution is 6.19. The number of rotatable bonds is 6. The van der Waals surface area contributed by atoms with Crippen LogP contribution in [0.2, 0.25) is 0 Å². The third-order valence-electron chi connectivity index (χ3n) is 9.94. The van der Waals surface area contributed by atoms with Gasteiger partial charge in [0.05, 0.1) is 0 Å². The van der Waals surface area contributed by atoms with E-state index in [2.05, 4.69) is 127 Å². The summed E-state index contributed by atoms with van der Waals surface area (Å²) in [6, 6.07) is 65.2. The van der Waals surface area contributed by atoms with Gasteiger partial charge in [-0.3, -0.25) is 0 Å². The number of hydrogen-bond acceptors (Lipinski definition) is 4. The first-order chi connectivity index (χ1) is 26.2. The number of hydrogen-bond donors (Lipinski definition) is 0. The number of nitrogens with zero attached hydrogens (tertiary/aromatic N) is 3. The molecule has 2 heterocycles. The molecule has 0 aliphatic rings. The lowest BCUT2D eigenvalue weighted by molar-refractivity contribution is 0.673. The van der Waals surface area contributed by atoms with Crippen LogP contribution in [-0.4, -0.2) is 15.0 Å². The highest BCUT2D eigenvalue weighted by Gasteiger charge is 2.17. The van der Waals surface area contributed by atoms with Crippen molar-refractivity contribution in [2.75, 3.05) is 0 Å². The lowest BCUT2D eigenvalue weighted by atomic mass is 9.93. The van der Waals surface area contributed by atoms with Crippen LogP contribution in [0.15, 0.2) is 192 Å². The predicted octanol–water partition coefficient (Wildman–Crippen LogP) is 12.9. The number of aromatic nitrogens is 3. The third kappa shape index (κ3) is 5.63. The molecule has 0 aliphatic heterocycles. The lowest BCUT2D eigenvalue weighted by Crippen LogP contribution is -2.00. The molecule has 10 rings (SSSR count). The predicted molar refractivity (Wildman–Crippen MR) is 217 cm³/mol. The Bertz CT molecular complexity index is 2860. The Kier molecular flexibility index (Phi) is 7.43. The van der Waals surface area contributed by atoms with Crippen molar-refractivity contribution in [1.29, 1.82) is 0 Å². The van der Waals surface area contributed by atoms with Gasteiger partial charge in [0.15, 0.2) is 17.5 Å². The maximum atomic E-state index is 6.69. The van der Waals surface area contributed by atoms with Gasteiger partial charge in [-0.15, -0.1) is 0 Å². The van der Waals surface area contributed by atoms with Gasteiger partial charge in [0.25, 0.3) is 0 Å². The zero-order valence-corrected chi connectivity index (χ0v) is 28.6. The fourth-order valence-corrected chi connectivity index (χ4v) is 7.26. The highest BCUT2D eigenvalue weighted by atomic mass is 16.3. The van der Waals surface area contributed by atoms with E-state index in [1.165, 1.54) is 27.6 Å². The lowest BCUT2D eigenvalue weighted by Gasteiger charge is -2.10. The van der Waals surface area contributed by atoms with Gasteiger partial charge < -0.3 is 4.42 Å². The molecule has 0 radical (unpaired) electrons. The number of benzene rings is 8. The minimum atomic E-state index is 0.633. The van der Waals surface area contributed by atoms with Gasteiger partial charge in [-0.2, -0.15) is 0 Å². The van der Waals surface area contributed by atoms with Crippen LogP contribution in [0.25, 0.3) is 100 Å². The van der Waals surface area contributed by atoms with Crippen LogP contribution in [0, 0.1) is 0 Å². The third-order valence-corrected chi connectivity index (χ3v) is 9.94. The highest BCUT2D eigenvalue weighted by Crippen LogP contribution is 2.41. The van der Waals surface area contributed by atoms with E-state index < -0.39 is 0 Å². The summed E-state index contributed by atoms with van der Waals surface area (Å²) in [5.41, 5.74) is 11.5. The van der Waals surface area contributed by atoms with Crippen LogP contribution in [-0.2, 0) is 0 Å². The number of fused-ring (bicyclic) bond motifs is 5. The SMILES string of the molecule is c1ccc(-c2cccc(-c3cc4c5ccc(-c6ccc(-c7nc(-c8ccccc8)nc(-c8ccccc8)n7)cc6)cc5oc4c4ccccc34)c2)cc1. The van der Waals surface area contributed by atoms with Crippen LogP contribution in [0.1, 0.15) is 0 Å². The van der Waals surface area contributed by atoms with E-state index in [4.69, 9.17) is 19.4 Å². The van der Waals surface area contributed by atoms with E-state index in [0.717, 1.165) is 55.1 Å². The quantitative estimate of drug-likeness (QED) is 0.176. The van der Waals surface area contributed by atoms with Crippen molar-refractivity contribution in [3.05, 3.63) is 188 Å². The first-order valence-electron chi connectivity index (χ1n) is 17.8. The van der Waals surface area contributed by atoms with Gasteiger partial charge in [0.1, 0.15) is 11.2 Å². The second-order valence-corrected chi connectivity index (χ2v) is 13.2. The van der Waals surface area contributed by atoms with Crippen LogP contribution in [0.5, 0.6) is 0 Å². The maximum Gasteiger partial charge on any atom is 0.164 e. The van der Waals surface area contributed by atoms with Gasteiger partial charge in [-0.25, -0.2) is 15.0 Å². The van der Waals surface area contributed by atoms with E-state index >= 15 is 0 Å². The Morgan fingerprint density at radius 2 is 0.736 bits per heavy atom. The maximum absolute atomic E-state index is 6.69. The molecular weight excluding hydrogens is 647 g/mol. The Morgan fingerprint density at radius 3 is 1.38 bits per heavy atom. The van der Waals surface area contributed by atoms with E-state index in [1.807, 2.05) is 60.7 Å². The number of furan rings is 1. The molecule has 0 unspecified atom stereocenters. The average Bonchev–Trinajstić information content (AvgIpc) is 3.62. The van der Waals surface area contributed by atoms with Crippen LogP contribution < -0.4 is 0 Å². The van der Waals surface area contributed by atoms with Crippen LogP contribution in [0.4, 0.5) is 0 Å². The van der Waals surface area contributed by atoms with E-state index in [-0.39, 0.29) is 0 Å². The molecule has 2 aromatic heterocycles. The van der Waals surface area contributed by atoms with Crippen molar-refractivity contribution in [3.63, 3.8) is 0 Å². The first-order valence-corrected chi connectivity index (χ1v) is 17.8. The minimum Gasteiger partial charge on any atom is -0.455 e. The second kappa shape index (κ2) is 12.9. The van der Waals surface area contributed by atoms with Crippen molar-refractivity contribution in [2.45, 2.75) is 0 Å². The fraction of sp³-hybridized carbons (Fsp3) is 0. The summed E-state index contributed by atoms with van der Waals surface area (Å²) in [5.74, 6) is 1.93. The van der Waals surface area contributed by atoms with Crippen molar-refractivity contribution >= 4 is 32.7 Å². The molecule has 0 saturated carbocycles. The molecule has 4 nitrogen and oxygen atoms in total. The van der Waals surface area contributed by atoms with E-state index in [9.17, 15) is 0 Å². The summed E-state index contributed by atoms with van der Waals surface area (Å²) >= 11 is 0. The normalized spacial score (nSPS) is 11.4. The molecule has 53 heavy (non-hydrogen) atoms. The van der Waals surface area contributed by atoms with Crippen molar-refractivity contribution in [3.8, 4) is 67.5 Å². The van der Waals surface area contributed by atoms with Gasteiger partial charge in [0, 0.05) is 32.8 Å². The summed E-state index contributed by atoms with van der Waals surface area (Å²) in [5, 5.41) is 4.48. The van der Waals surface area contributed by atoms with E-state index in [1.54, 1.807) is 0 Å². The second-order valence-electron chi connectivity index (χ2n) is 13.2. The minimum absolute atomic E-state index is 0.633. The molecular formula is C49H31N3O. The summed E-state index contributed by atoms with van der Waals surface area (Å²) in [6.45, 7) is 0. The zero-order chi connectivity index (χ0) is 35.1. The zero-order valence-electron chi connectivity index (χ0n) is 28.6. The first kappa shape index (κ1) is 30.6. The molecule has 4 heteroatoms. The van der Waals surface area contributed by atoms with Crippen LogP contribution in [0.3, 0.4) is 0 Å². The Labute approximate surface area is 306 Å². The van der Waals surface area contributed by atoms with Crippen molar-refractivity contribution in [2.24, 2.45) is 0 Å². The average molecular weight is 678 g/mol. The van der Waals surface area contributed by atoms with Gasteiger partial charge in [0.2, 0.25) is 0 Å². The molecule has 0 aliphatic carbocycles. The summed E-state index contributed by atoms with van der Waals surface area (Å²) in [6.07, 6.45) is 0. The standard InChI is InChI=1S/C49H31N3O/c1-4-13-32(14-5-1)37-19-12-20-39(29-37)43-31-44-41-28-27-38(30-45(41)53-46(44)42-22-11-10-21-40(42)43)33-23-25-36(26-24-33)49-51-47(34-15-6-2-7-16-34)50-48(52-49)35-17-8-3-9-18-35/h1-31H.